The zero-order valence-corrected chi connectivity index (χ0v) is 20.8. The molecule has 0 aliphatic rings. The summed E-state index contributed by atoms with van der Waals surface area (Å²) in [7, 11) is 0. The van der Waals surface area contributed by atoms with E-state index >= 15 is 0 Å². The number of hydrogen-bond donors (Lipinski definition) is 0. The molecule has 2 nitrogen and oxygen atoms in total. The third-order valence-corrected chi connectivity index (χ3v) is 9.77. The molecule has 0 saturated carbocycles. The van der Waals surface area contributed by atoms with Crippen molar-refractivity contribution in [2.45, 2.75) is 0 Å². The van der Waals surface area contributed by atoms with Gasteiger partial charge in [-0.25, -0.2) is 0 Å². The van der Waals surface area contributed by atoms with Crippen LogP contribution in [-0.4, -0.2) is 8.75 Å². The summed E-state index contributed by atoms with van der Waals surface area (Å²) in [5.41, 5.74) is 6.73. The van der Waals surface area contributed by atoms with Crippen LogP contribution in [0.4, 0.5) is 0 Å². The van der Waals surface area contributed by atoms with E-state index in [1.807, 2.05) is 22.7 Å². The Kier molecular flexibility index (Phi) is 4.17. The second-order valence-corrected chi connectivity index (χ2v) is 11.3. The Bertz CT molecular complexity index is 1930. The van der Waals surface area contributed by atoms with E-state index in [0.717, 1.165) is 22.2 Å². The molecule has 0 spiro atoms. The van der Waals surface area contributed by atoms with Crippen molar-refractivity contribution in [2.75, 3.05) is 0 Å². The third kappa shape index (κ3) is 2.80. The molecule has 0 fully saturated rings. The Morgan fingerprint density at radius 1 is 0.400 bits per heavy atom. The predicted molar refractivity (Wildman–Crippen MR) is 154 cm³/mol. The van der Waals surface area contributed by atoms with E-state index in [9.17, 15) is 0 Å². The molecule has 0 radical (unpaired) electrons. The molecule has 0 saturated heterocycles. The van der Waals surface area contributed by atoms with Gasteiger partial charge < -0.3 is 0 Å². The van der Waals surface area contributed by atoms with Gasteiger partial charge in [0.25, 0.3) is 0 Å². The number of rotatable bonds is 2. The average molecular weight is 501 g/mol. The first kappa shape index (κ1) is 19.6. The van der Waals surface area contributed by atoms with Crippen LogP contribution in [0.15, 0.2) is 97.1 Å². The summed E-state index contributed by atoms with van der Waals surface area (Å²) in [5, 5.41) is 5.24. The molecule has 3 aromatic heterocycles. The maximum absolute atomic E-state index is 4.80. The van der Waals surface area contributed by atoms with Crippen LogP contribution in [0.25, 0.3) is 73.6 Å². The fraction of sp³-hybridized carbons (Fsp3) is 0. The van der Waals surface area contributed by atoms with Crippen LogP contribution in [-0.2, 0) is 0 Å². The molecular formula is C30H16N2S3. The number of hydrogen-bond acceptors (Lipinski definition) is 5. The van der Waals surface area contributed by atoms with Crippen molar-refractivity contribution in [3.05, 3.63) is 97.1 Å². The van der Waals surface area contributed by atoms with Crippen molar-refractivity contribution in [1.82, 2.24) is 8.75 Å². The maximum atomic E-state index is 4.80. The van der Waals surface area contributed by atoms with Gasteiger partial charge in [0, 0.05) is 62.6 Å². The summed E-state index contributed by atoms with van der Waals surface area (Å²) in [5.74, 6) is 0. The smallest absolute Gasteiger partial charge is 0.113 e. The van der Waals surface area contributed by atoms with Crippen LogP contribution >= 0.6 is 34.4 Å². The lowest BCUT2D eigenvalue weighted by Crippen LogP contribution is -1.86. The minimum atomic E-state index is 0.982. The first-order chi connectivity index (χ1) is 17.4. The fourth-order valence-electron chi connectivity index (χ4n) is 5.22. The number of aromatic nitrogens is 2. The van der Waals surface area contributed by atoms with Crippen molar-refractivity contribution >= 4 is 85.8 Å². The number of fused-ring (bicyclic) bond motifs is 7. The fourth-order valence-corrected chi connectivity index (χ4v) is 8.25. The van der Waals surface area contributed by atoms with Crippen LogP contribution in [0.5, 0.6) is 0 Å². The first-order valence-corrected chi connectivity index (χ1v) is 13.8. The zero-order valence-electron chi connectivity index (χ0n) is 18.4. The van der Waals surface area contributed by atoms with Gasteiger partial charge in [0.15, 0.2) is 0 Å². The Labute approximate surface area is 213 Å². The van der Waals surface area contributed by atoms with Crippen LogP contribution in [0.3, 0.4) is 0 Å². The zero-order chi connectivity index (χ0) is 22.9. The lowest BCUT2D eigenvalue weighted by atomic mass is 9.96. The first-order valence-electron chi connectivity index (χ1n) is 11.4. The highest BCUT2D eigenvalue weighted by Gasteiger charge is 2.19. The molecule has 0 amide bonds. The number of benzene rings is 5. The molecule has 0 aliphatic carbocycles. The number of nitrogens with zero attached hydrogens (tertiary/aromatic N) is 2. The lowest BCUT2D eigenvalue weighted by molar-refractivity contribution is 1.61. The second kappa shape index (κ2) is 7.43. The molecule has 5 aromatic carbocycles. The van der Waals surface area contributed by atoms with Crippen LogP contribution in [0.1, 0.15) is 0 Å². The molecule has 5 heteroatoms. The van der Waals surface area contributed by atoms with Crippen molar-refractivity contribution in [3.8, 4) is 22.3 Å². The molecule has 0 atom stereocenters. The molecule has 0 unspecified atom stereocenters. The summed E-state index contributed by atoms with van der Waals surface area (Å²) in [6, 6.07) is 35.0. The maximum Gasteiger partial charge on any atom is 0.113 e. The van der Waals surface area contributed by atoms with Crippen molar-refractivity contribution in [3.63, 3.8) is 0 Å². The second-order valence-electron chi connectivity index (χ2n) is 8.68. The van der Waals surface area contributed by atoms with Crippen LogP contribution < -0.4 is 0 Å². The molecular weight excluding hydrogens is 485 g/mol. The van der Waals surface area contributed by atoms with Gasteiger partial charge in [0.05, 0.1) is 11.7 Å². The van der Waals surface area contributed by atoms with Gasteiger partial charge in [0.1, 0.15) is 11.0 Å². The monoisotopic (exact) mass is 500 g/mol. The summed E-state index contributed by atoms with van der Waals surface area (Å²) < 4.78 is 14.9. The van der Waals surface area contributed by atoms with Gasteiger partial charge in [-0.15, -0.1) is 22.7 Å². The van der Waals surface area contributed by atoms with Gasteiger partial charge in [-0.1, -0.05) is 84.9 Å². The highest BCUT2D eigenvalue weighted by Crippen LogP contribution is 2.45. The van der Waals surface area contributed by atoms with Crippen LogP contribution in [0, 0.1) is 0 Å². The Hall–Kier alpha value is -3.64. The van der Waals surface area contributed by atoms with Gasteiger partial charge in [0.2, 0.25) is 0 Å². The van der Waals surface area contributed by atoms with E-state index in [-0.39, 0.29) is 0 Å². The third-order valence-electron chi connectivity index (χ3n) is 6.80. The summed E-state index contributed by atoms with van der Waals surface area (Å²) in [6.07, 6.45) is 0. The van der Waals surface area contributed by atoms with E-state index in [2.05, 4.69) is 97.1 Å². The van der Waals surface area contributed by atoms with E-state index < -0.39 is 0 Å². The molecule has 164 valence electrons. The largest absolute Gasteiger partial charge is 0.172 e. The molecule has 0 bridgehead atoms. The van der Waals surface area contributed by atoms with Gasteiger partial charge in [-0.2, -0.15) is 8.75 Å². The van der Waals surface area contributed by atoms with E-state index in [1.165, 1.54) is 63.2 Å². The quantitative estimate of drug-likeness (QED) is 0.236. The normalized spacial score (nSPS) is 12.0. The SMILES string of the molecule is c1ccc2c(c1)sc1c(-c3ccc(-c4cccc5c4sc4ccccc45)c4nsnc34)cccc12. The molecule has 0 N–H and O–H groups in total. The topological polar surface area (TPSA) is 25.8 Å². The molecule has 35 heavy (non-hydrogen) atoms. The van der Waals surface area contributed by atoms with Gasteiger partial charge in [-0.3, -0.25) is 0 Å². The predicted octanol–water partition coefficient (Wildman–Crippen LogP) is 9.76. The van der Waals surface area contributed by atoms with Gasteiger partial charge in [-0.05, 0) is 12.1 Å². The van der Waals surface area contributed by atoms with Crippen molar-refractivity contribution in [1.29, 1.82) is 0 Å². The summed E-state index contributed by atoms with van der Waals surface area (Å²) >= 11 is 5.01. The molecule has 8 rings (SSSR count). The Balaban J connectivity index is 1.40. The highest BCUT2D eigenvalue weighted by atomic mass is 32.1. The Morgan fingerprint density at radius 3 is 1.37 bits per heavy atom. The van der Waals surface area contributed by atoms with Crippen molar-refractivity contribution < 1.29 is 0 Å². The van der Waals surface area contributed by atoms with Crippen molar-refractivity contribution in [2.24, 2.45) is 0 Å². The Morgan fingerprint density at radius 2 is 0.857 bits per heavy atom. The average Bonchev–Trinajstić information content (AvgIpc) is 3.63. The number of thiophene rings is 2. The van der Waals surface area contributed by atoms with E-state index in [1.54, 1.807) is 0 Å². The lowest BCUT2D eigenvalue weighted by Gasteiger charge is -2.09. The minimum Gasteiger partial charge on any atom is -0.172 e. The molecule has 3 heterocycles. The van der Waals surface area contributed by atoms with E-state index in [0.29, 0.717) is 0 Å². The van der Waals surface area contributed by atoms with Gasteiger partial charge >= 0.3 is 0 Å². The molecule has 0 aliphatic heterocycles. The van der Waals surface area contributed by atoms with Crippen LogP contribution in [0.2, 0.25) is 0 Å². The summed E-state index contributed by atoms with van der Waals surface area (Å²) in [4.78, 5) is 0. The van der Waals surface area contributed by atoms with E-state index in [4.69, 9.17) is 8.75 Å². The molecule has 8 aromatic rings. The minimum absolute atomic E-state index is 0.982. The summed E-state index contributed by atoms with van der Waals surface area (Å²) in [6.45, 7) is 0. The standard InChI is InChI=1S/C30H16N2S3/c1-3-13-25-17(7-1)21-9-5-11-23(29(21)33-25)19-15-16-20(28-27(19)31-35-32-28)24-12-6-10-22-18-8-2-4-14-26(18)34-30(22)24/h1-16H. The highest BCUT2D eigenvalue weighted by molar-refractivity contribution is 7.26.